The molecule has 0 saturated carbocycles. The van der Waals surface area contributed by atoms with E-state index >= 15 is 0 Å². The minimum Gasteiger partial charge on any atom is -0.492 e. The zero-order valence-corrected chi connectivity index (χ0v) is 26.9. The first kappa shape index (κ1) is 34.9. The molecule has 1 saturated heterocycles. The minimum absolute atomic E-state index is 0.0309. The van der Waals surface area contributed by atoms with Gasteiger partial charge in [-0.2, -0.15) is 0 Å². The molecule has 0 aromatic carbocycles. The van der Waals surface area contributed by atoms with Gasteiger partial charge in [0, 0.05) is 77.6 Å². The fraction of sp³-hybridized carbons (Fsp3) is 0.800. The Kier molecular flexibility index (Phi) is 12.5. The molecule has 11 heteroatoms. The topological polar surface area (TPSA) is 111 Å². The fourth-order valence-electron chi connectivity index (χ4n) is 4.92. The van der Waals surface area contributed by atoms with Crippen LogP contribution in [0.5, 0.6) is 11.8 Å². The number of aromatic nitrogens is 1. The molecule has 1 fully saturated rings. The maximum Gasteiger partial charge on any atom is 0.347 e. The third-order valence-electron chi connectivity index (χ3n) is 6.44. The van der Waals surface area contributed by atoms with Gasteiger partial charge < -0.3 is 29.6 Å². The predicted octanol–water partition coefficient (Wildman–Crippen LogP) is 2.51. The molecule has 0 unspecified atom stereocenters. The molecule has 1 aromatic heterocycles. The molecule has 2 N–H and O–H groups in total. The van der Waals surface area contributed by atoms with Gasteiger partial charge in [0.2, 0.25) is 11.8 Å². The molecule has 11 nitrogen and oxygen atoms in total. The highest BCUT2D eigenvalue weighted by Crippen LogP contribution is 2.20. The standard InChI is InChI=1S/C30H55N5O6/c1-28(2,3)22-33-16-14-31(20-26(38)40-30(7,8)9)12-13-32(15-17-34(19-18-33)23-29(4,5)6)21-27(39)41-35-24(36)10-11-25(35)37/h10-11,36-37H,12-23H2,1-9H3. The van der Waals surface area contributed by atoms with Crippen molar-refractivity contribution >= 4 is 11.9 Å². The lowest BCUT2D eigenvalue weighted by Crippen LogP contribution is -2.50. The Hall–Kier alpha value is -2.34. The summed E-state index contributed by atoms with van der Waals surface area (Å²) in [7, 11) is 0. The molecule has 0 aliphatic carbocycles. The smallest absolute Gasteiger partial charge is 0.347 e. The van der Waals surface area contributed by atoms with E-state index in [0.29, 0.717) is 30.9 Å². The number of carbonyl (C=O) groups is 2. The monoisotopic (exact) mass is 581 g/mol. The molecule has 2 heterocycles. The number of esters is 1. The molecule has 0 spiro atoms. The number of carbonyl (C=O) groups excluding carboxylic acids is 2. The van der Waals surface area contributed by atoms with Crippen molar-refractivity contribution in [1.82, 2.24) is 24.3 Å². The molecule has 0 radical (unpaired) electrons. The first-order chi connectivity index (χ1) is 18.8. The van der Waals surface area contributed by atoms with E-state index in [-0.39, 0.29) is 41.6 Å². The van der Waals surface area contributed by atoms with Gasteiger partial charge in [-0.05, 0) is 31.6 Å². The van der Waals surface area contributed by atoms with Crippen LogP contribution in [0.3, 0.4) is 0 Å². The summed E-state index contributed by atoms with van der Waals surface area (Å²) < 4.78 is 6.33. The summed E-state index contributed by atoms with van der Waals surface area (Å²) in [4.78, 5) is 39.9. The first-order valence-electron chi connectivity index (χ1n) is 14.7. The van der Waals surface area contributed by atoms with Gasteiger partial charge in [0.1, 0.15) is 5.60 Å². The average Bonchev–Trinajstić information content (AvgIpc) is 3.09. The quantitative estimate of drug-likeness (QED) is 0.466. The van der Waals surface area contributed by atoms with Crippen LogP contribution in [0, 0.1) is 10.8 Å². The lowest BCUT2D eigenvalue weighted by molar-refractivity contribution is -0.156. The van der Waals surface area contributed by atoms with E-state index in [9.17, 15) is 19.8 Å². The molecule has 1 aromatic rings. The second kappa shape index (κ2) is 14.7. The predicted molar refractivity (Wildman–Crippen MR) is 160 cm³/mol. The van der Waals surface area contributed by atoms with Crippen molar-refractivity contribution in [2.45, 2.75) is 67.9 Å². The van der Waals surface area contributed by atoms with Crippen LogP contribution in [-0.2, 0) is 14.3 Å². The van der Waals surface area contributed by atoms with Gasteiger partial charge in [-0.3, -0.25) is 14.6 Å². The Morgan fingerprint density at radius 3 is 1.32 bits per heavy atom. The number of ether oxygens (including phenoxy) is 1. The number of rotatable bonds is 7. The van der Waals surface area contributed by atoms with Crippen molar-refractivity contribution in [3.05, 3.63) is 12.1 Å². The summed E-state index contributed by atoms with van der Waals surface area (Å²) in [5, 5.41) is 19.8. The lowest BCUT2D eigenvalue weighted by atomic mass is 9.95. The molecular formula is C30H55N5O6. The van der Waals surface area contributed by atoms with Crippen LogP contribution >= 0.6 is 0 Å². The van der Waals surface area contributed by atoms with Crippen LogP contribution in [0.15, 0.2) is 12.1 Å². The van der Waals surface area contributed by atoms with Gasteiger partial charge in [0.15, 0.2) is 0 Å². The lowest BCUT2D eigenvalue weighted by Gasteiger charge is -2.37. The van der Waals surface area contributed by atoms with Crippen molar-refractivity contribution in [3.63, 3.8) is 0 Å². The zero-order chi connectivity index (χ0) is 31.0. The van der Waals surface area contributed by atoms with Gasteiger partial charge in [0.05, 0.1) is 13.1 Å². The first-order valence-corrected chi connectivity index (χ1v) is 14.7. The molecule has 236 valence electrons. The third kappa shape index (κ3) is 14.4. The minimum atomic E-state index is -0.601. The van der Waals surface area contributed by atoms with E-state index in [1.807, 2.05) is 25.7 Å². The summed E-state index contributed by atoms with van der Waals surface area (Å²) in [6, 6.07) is 2.50. The molecule has 0 atom stereocenters. The SMILES string of the molecule is CC(C)(C)CN1CCN(CC(=O)On2c(O)ccc2O)CCN(CC(=O)OC(C)(C)C)CCN(CC(C)(C)C)CC1. The van der Waals surface area contributed by atoms with Crippen LogP contribution in [0.1, 0.15) is 62.3 Å². The van der Waals surface area contributed by atoms with E-state index in [1.165, 1.54) is 12.1 Å². The zero-order valence-electron chi connectivity index (χ0n) is 26.9. The van der Waals surface area contributed by atoms with Crippen LogP contribution in [0.4, 0.5) is 0 Å². The van der Waals surface area contributed by atoms with Crippen LogP contribution < -0.4 is 4.84 Å². The molecule has 0 amide bonds. The molecule has 2 rings (SSSR count). The fourth-order valence-corrected chi connectivity index (χ4v) is 4.92. The molecule has 41 heavy (non-hydrogen) atoms. The molecule has 1 aliphatic rings. The number of nitrogens with zero attached hydrogens (tertiary/aromatic N) is 5. The Morgan fingerprint density at radius 1 is 0.634 bits per heavy atom. The Labute approximate surface area is 246 Å². The van der Waals surface area contributed by atoms with E-state index in [0.717, 1.165) is 39.3 Å². The third-order valence-corrected chi connectivity index (χ3v) is 6.44. The Morgan fingerprint density at radius 2 is 0.976 bits per heavy atom. The van der Waals surface area contributed by atoms with E-state index in [1.54, 1.807) is 0 Å². The van der Waals surface area contributed by atoms with E-state index in [4.69, 9.17) is 9.57 Å². The summed E-state index contributed by atoms with van der Waals surface area (Å²) in [6.45, 7) is 26.8. The van der Waals surface area contributed by atoms with Crippen molar-refractivity contribution < 1.29 is 29.4 Å². The summed E-state index contributed by atoms with van der Waals surface area (Å²) in [5.74, 6) is -1.59. The van der Waals surface area contributed by atoms with Crippen LogP contribution in [0.2, 0.25) is 0 Å². The molecule has 1 aliphatic heterocycles. The van der Waals surface area contributed by atoms with E-state index in [2.05, 4.69) is 56.2 Å². The van der Waals surface area contributed by atoms with Crippen molar-refractivity contribution in [2.24, 2.45) is 10.8 Å². The van der Waals surface area contributed by atoms with Crippen molar-refractivity contribution in [2.75, 3.05) is 78.5 Å². The largest absolute Gasteiger partial charge is 0.492 e. The van der Waals surface area contributed by atoms with Gasteiger partial charge in [0.25, 0.3) is 0 Å². The van der Waals surface area contributed by atoms with Crippen molar-refractivity contribution in [1.29, 1.82) is 0 Å². The second-order valence-corrected chi connectivity index (χ2v) is 14.6. The maximum atomic E-state index is 12.8. The molecular weight excluding hydrogens is 526 g/mol. The second-order valence-electron chi connectivity index (χ2n) is 14.6. The summed E-state index contributed by atoms with van der Waals surface area (Å²) in [6.07, 6.45) is 0. The van der Waals surface area contributed by atoms with Crippen LogP contribution in [-0.4, -0.2) is 131 Å². The summed E-state index contributed by atoms with van der Waals surface area (Å²) in [5.41, 5.74) is -0.311. The number of aromatic hydroxyl groups is 2. The van der Waals surface area contributed by atoms with Crippen molar-refractivity contribution in [3.8, 4) is 11.8 Å². The van der Waals surface area contributed by atoms with E-state index < -0.39 is 11.6 Å². The highest BCUT2D eigenvalue weighted by atomic mass is 16.7. The van der Waals surface area contributed by atoms with Gasteiger partial charge in [-0.1, -0.05) is 41.5 Å². The normalized spacial score (nSPS) is 18.5. The Balaban J connectivity index is 2.23. The maximum absolute atomic E-state index is 12.8. The summed E-state index contributed by atoms with van der Waals surface area (Å²) >= 11 is 0. The van der Waals surface area contributed by atoms with Gasteiger partial charge >= 0.3 is 11.9 Å². The average molecular weight is 582 g/mol. The highest BCUT2D eigenvalue weighted by molar-refractivity contribution is 5.72. The highest BCUT2D eigenvalue weighted by Gasteiger charge is 2.25. The number of hydrogen-bond donors (Lipinski definition) is 2. The Bertz CT molecular complexity index is 956. The molecule has 0 bridgehead atoms. The van der Waals surface area contributed by atoms with Gasteiger partial charge in [-0.15, -0.1) is 4.73 Å². The number of hydrogen-bond acceptors (Lipinski definition) is 10. The van der Waals surface area contributed by atoms with Gasteiger partial charge in [-0.25, -0.2) is 4.79 Å². The van der Waals surface area contributed by atoms with Crippen LogP contribution in [0.25, 0.3) is 0 Å².